The second-order valence-corrected chi connectivity index (χ2v) is 13.5. The SMILES string of the molecule is CCNC(=O)Nc1sc2ccccc2c1C(=O)N1CCN(S(=O)(=O)c2ncc(-c3csc(C)n3)s2)CC1. The molecule has 1 saturated heterocycles. The number of rotatable bonds is 6. The Bertz CT molecular complexity index is 1570. The molecule has 4 aromatic rings. The molecule has 0 saturated carbocycles. The lowest BCUT2D eigenvalue weighted by Crippen LogP contribution is -2.50. The van der Waals surface area contributed by atoms with Gasteiger partial charge in [0.05, 0.1) is 21.1 Å². The lowest BCUT2D eigenvalue weighted by Gasteiger charge is -2.33. The molecule has 10 nitrogen and oxygen atoms in total. The molecule has 0 spiro atoms. The summed E-state index contributed by atoms with van der Waals surface area (Å²) in [6.07, 6.45) is 1.54. The maximum atomic E-state index is 13.6. The summed E-state index contributed by atoms with van der Waals surface area (Å²) in [5.74, 6) is -0.239. The molecule has 1 aliphatic rings. The van der Waals surface area contributed by atoms with Crippen molar-refractivity contribution in [3.05, 3.63) is 46.4 Å². The smallest absolute Gasteiger partial charge is 0.319 e. The minimum atomic E-state index is -3.80. The number of urea groups is 1. The summed E-state index contributed by atoms with van der Waals surface area (Å²) in [7, 11) is -3.80. The zero-order valence-electron chi connectivity index (χ0n) is 20.1. The number of benzene rings is 1. The van der Waals surface area contributed by atoms with Gasteiger partial charge in [-0.25, -0.2) is 23.2 Å². The summed E-state index contributed by atoms with van der Waals surface area (Å²) in [5.41, 5.74) is 1.14. The number of aromatic nitrogens is 2. The molecule has 1 fully saturated rings. The highest BCUT2D eigenvalue weighted by molar-refractivity contribution is 7.91. The Labute approximate surface area is 226 Å². The number of fused-ring (bicyclic) bond motifs is 1. The van der Waals surface area contributed by atoms with Gasteiger partial charge in [0.1, 0.15) is 5.00 Å². The lowest BCUT2D eigenvalue weighted by molar-refractivity contribution is 0.0701. The van der Waals surface area contributed by atoms with E-state index in [9.17, 15) is 18.0 Å². The molecule has 194 valence electrons. The number of aryl methyl sites for hydroxylation is 1. The zero-order valence-corrected chi connectivity index (χ0v) is 23.3. The maximum Gasteiger partial charge on any atom is 0.319 e. The Morgan fingerprint density at radius 1 is 1.11 bits per heavy atom. The first-order valence-electron chi connectivity index (χ1n) is 11.5. The third-order valence-corrected chi connectivity index (χ3v) is 11.0. The van der Waals surface area contributed by atoms with E-state index in [1.807, 2.05) is 43.5 Å². The average Bonchev–Trinajstić information content (AvgIpc) is 3.62. The summed E-state index contributed by atoms with van der Waals surface area (Å²) in [6, 6.07) is 7.11. The molecule has 3 amide bonds. The average molecular weight is 577 g/mol. The van der Waals surface area contributed by atoms with Gasteiger partial charge in [0.15, 0.2) is 0 Å². The van der Waals surface area contributed by atoms with Crippen molar-refractivity contribution in [1.82, 2.24) is 24.5 Å². The fourth-order valence-corrected chi connectivity index (χ4v) is 8.47. The molecular formula is C23H24N6O4S4. The number of nitrogens with one attached hydrogen (secondary N) is 2. The Morgan fingerprint density at radius 2 is 1.86 bits per heavy atom. The Kier molecular flexibility index (Phi) is 7.27. The van der Waals surface area contributed by atoms with E-state index >= 15 is 0 Å². The van der Waals surface area contributed by atoms with E-state index < -0.39 is 10.0 Å². The van der Waals surface area contributed by atoms with Crippen LogP contribution in [0.3, 0.4) is 0 Å². The van der Waals surface area contributed by atoms with Gasteiger partial charge in [0.25, 0.3) is 15.9 Å². The summed E-state index contributed by atoms with van der Waals surface area (Å²) in [4.78, 5) is 36.7. The number of carbonyl (C=O) groups is 2. The number of thiazole rings is 2. The molecule has 1 aromatic carbocycles. The summed E-state index contributed by atoms with van der Waals surface area (Å²) >= 11 is 3.93. The van der Waals surface area contributed by atoms with Crippen LogP contribution in [0.15, 0.2) is 40.2 Å². The Hall–Kier alpha value is -2.91. The number of carbonyl (C=O) groups excluding carboxylic acids is 2. The van der Waals surface area contributed by atoms with E-state index in [1.165, 1.54) is 33.2 Å². The van der Waals surface area contributed by atoms with Crippen molar-refractivity contribution in [2.45, 2.75) is 18.2 Å². The number of amides is 3. The van der Waals surface area contributed by atoms with Crippen LogP contribution >= 0.6 is 34.0 Å². The minimum Gasteiger partial charge on any atom is -0.338 e. The fourth-order valence-electron chi connectivity index (χ4n) is 4.03. The van der Waals surface area contributed by atoms with E-state index in [4.69, 9.17) is 0 Å². The molecule has 3 aromatic heterocycles. The van der Waals surface area contributed by atoms with Crippen molar-refractivity contribution in [3.63, 3.8) is 0 Å². The quantitative estimate of drug-likeness (QED) is 0.357. The molecule has 4 heterocycles. The van der Waals surface area contributed by atoms with Crippen LogP contribution < -0.4 is 10.6 Å². The zero-order chi connectivity index (χ0) is 26.2. The van der Waals surface area contributed by atoms with E-state index in [1.54, 1.807) is 4.90 Å². The van der Waals surface area contributed by atoms with Crippen molar-refractivity contribution in [2.75, 3.05) is 38.0 Å². The number of nitrogens with zero attached hydrogens (tertiary/aromatic N) is 4. The van der Waals surface area contributed by atoms with Crippen LogP contribution in [0.4, 0.5) is 9.80 Å². The predicted octanol–water partition coefficient (Wildman–Crippen LogP) is 4.08. The third kappa shape index (κ3) is 5.11. The number of hydrogen-bond acceptors (Lipinski definition) is 9. The van der Waals surface area contributed by atoms with E-state index in [2.05, 4.69) is 20.6 Å². The standard InChI is InChI=1S/C23H24N6O4S4/c1-3-24-22(31)27-20-19(15-6-4-5-7-17(15)35-20)21(30)28-8-10-29(11-9-28)37(32,33)23-25-12-18(36-23)16-13-34-14(2)26-16/h4-7,12-13H,3,8-11H2,1-2H3,(H2,24,27,31). The topological polar surface area (TPSA) is 125 Å². The first kappa shape index (κ1) is 25.7. The van der Waals surface area contributed by atoms with Gasteiger partial charge in [-0.1, -0.05) is 29.5 Å². The van der Waals surface area contributed by atoms with Crippen molar-refractivity contribution in [2.24, 2.45) is 0 Å². The van der Waals surface area contributed by atoms with Gasteiger partial charge in [0, 0.05) is 54.4 Å². The first-order chi connectivity index (χ1) is 17.8. The van der Waals surface area contributed by atoms with Crippen molar-refractivity contribution in [1.29, 1.82) is 0 Å². The number of hydrogen-bond donors (Lipinski definition) is 2. The number of piperazine rings is 1. The molecule has 1 aliphatic heterocycles. The monoisotopic (exact) mass is 576 g/mol. The maximum absolute atomic E-state index is 13.6. The molecule has 37 heavy (non-hydrogen) atoms. The van der Waals surface area contributed by atoms with Crippen LogP contribution in [0.1, 0.15) is 22.3 Å². The first-order valence-corrected chi connectivity index (χ1v) is 15.5. The molecule has 0 bridgehead atoms. The third-order valence-electron chi connectivity index (χ3n) is 5.82. The molecule has 2 N–H and O–H groups in total. The van der Waals surface area contributed by atoms with Crippen LogP contribution in [-0.4, -0.2) is 72.3 Å². The fraction of sp³-hybridized carbons (Fsp3) is 0.304. The van der Waals surface area contributed by atoms with E-state index in [-0.39, 0.29) is 42.5 Å². The lowest BCUT2D eigenvalue weighted by atomic mass is 10.1. The second kappa shape index (κ2) is 10.5. The summed E-state index contributed by atoms with van der Waals surface area (Å²) in [6.45, 7) is 4.93. The predicted molar refractivity (Wildman–Crippen MR) is 147 cm³/mol. The van der Waals surface area contributed by atoms with Crippen molar-refractivity contribution < 1.29 is 18.0 Å². The molecule has 0 aliphatic carbocycles. The summed E-state index contributed by atoms with van der Waals surface area (Å²) in [5, 5.41) is 9.49. The Morgan fingerprint density at radius 3 is 2.57 bits per heavy atom. The highest BCUT2D eigenvalue weighted by Gasteiger charge is 2.34. The van der Waals surface area contributed by atoms with E-state index in [0.29, 0.717) is 22.0 Å². The van der Waals surface area contributed by atoms with Crippen LogP contribution in [-0.2, 0) is 10.0 Å². The van der Waals surface area contributed by atoms with Gasteiger partial charge in [-0.05, 0) is 19.9 Å². The van der Waals surface area contributed by atoms with Crippen molar-refractivity contribution in [3.8, 4) is 10.6 Å². The van der Waals surface area contributed by atoms with Gasteiger partial charge < -0.3 is 10.2 Å². The second-order valence-electron chi connectivity index (χ2n) is 8.23. The number of anilines is 1. The van der Waals surface area contributed by atoms with Gasteiger partial charge in [-0.15, -0.1) is 22.7 Å². The largest absolute Gasteiger partial charge is 0.338 e. The molecule has 14 heteroatoms. The summed E-state index contributed by atoms with van der Waals surface area (Å²) < 4.78 is 28.8. The highest BCUT2D eigenvalue weighted by Crippen LogP contribution is 2.37. The van der Waals surface area contributed by atoms with Gasteiger partial charge in [-0.3, -0.25) is 10.1 Å². The van der Waals surface area contributed by atoms with Crippen LogP contribution in [0.5, 0.6) is 0 Å². The van der Waals surface area contributed by atoms with Gasteiger partial charge >= 0.3 is 6.03 Å². The van der Waals surface area contributed by atoms with Crippen molar-refractivity contribution >= 4 is 71.1 Å². The number of thiophene rings is 1. The van der Waals surface area contributed by atoms with Crippen LogP contribution in [0, 0.1) is 6.92 Å². The highest BCUT2D eigenvalue weighted by atomic mass is 32.2. The van der Waals surface area contributed by atoms with Gasteiger partial charge in [0.2, 0.25) is 4.34 Å². The molecule has 0 atom stereocenters. The molecule has 0 radical (unpaired) electrons. The molecular weight excluding hydrogens is 553 g/mol. The number of sulfonamides is 1. The van der Waals surface area contributed by atoms with Gasteiger partial charge in [-0.2, -0.15) is 4.31 Å². The van der Waals surface area contributed by atoms with Crippen LogP contribution in [0.25, 0.3) is 20.7 Å². The normalized spacial score (nSPS) is 14.7. The molecule has 0 unspecified atom stereocenters. The van der Waals surface area contributed by atoms with Crippen LogP contribution in [0.2, 0.25) is 0 Å². The Balaban J connectivity index is 1.32. The minimum absolute atomic E-state index is 0.0187. The van der Waals surface area contributed by atoms with E-state index in [0.717, 1.165) is 32.1 Å². The molecule has 5 rings (SSSR count).